The standard InChI is InChI=1S/C7H13N.2Li/c1-3-5-7-8-6-4-2;;/h2-3,5-7H2,1H3;;/q-2;2*+1. The summed E-state index contributed by atoms with van der Waals surface area (Å²) in [6.45, 7) is 7.27. The van der Waals surface area contributed by atoms with Gasteiger partial charge in [0.25, 0.3) is 0 Å². The van der Waals surface area contributed by atoms with E-state index in [9.17, 15) is 0 Å². The molecule has 0 aliphatic rings. The van der Waals surface area contributed by atoms with E-state index >= 15 is 0 Å². The molecule has 1 nitrogen and oxygen atoms in total. The second-order valence-corrected chi connectivity index (χ2v) is 1.71. The average molecular weight is 125 g/mol. The summed E-state index contributed by atoms with van der Waals surface area (Å²) in [5, 5.41) is 4.11. The molecule has 0 aromatic carbocycles. The fraction of sp³-hybridized carbons (Fsp3) is 0.714. The zero-order valence-electron chi connectivity index (χ0n) is 7.48. The third-order valence-corrected chi connectivity index (χ3v) is 0.893. The number of nitrogens with zero attached hydrogens (tertiary/aromatic N) is 1. The van der Waals surface area contributed by atoms with E-state index in [1.54, 1.807) is 0 Å². The molecule has 0 amide bonds. The first-order valence-electron chi connectivity index (χ1n) is 3.05. The van der Waals surface area contributed by atoms with Crippen LogP contribution in [-0.4, -0.2) is 13.1 Å². The van der Waals surface area contributed by atoms with Crippen LogP contribution in [0.3, 0.4) is 0 Å². The fourth-order valence-electron chi connectivity index (χ4n) is 0.428. The molecule has 0 fully saturated rings. The van der Waals surface area contributed by atoms with Gasteiger partial charge in [0.15, 0.2) is 0 Å². The Bertz CT molecular complexity index is 57.6. The van der Waals surface area contributed by atoms with Crippen molar-refractivity contribution in [3.05, 3.63) is 18.0 Å². The van der Waals surface area contributed by atoms with Crippen LogP contribution >= 0.6 is 0 Å². The van der Waals surface area contributed by atoms with Crippen molar-refractivity contribution in [3.63, 3.8) is 0 Å². The SMILES string of the molecule is C=[C-]C[N-]CCCC.[Li+].[Li+]. The molecule has 0 aromatic rings. The molecule has 0 rings (SSSR count). The van der Waals surface area contributed by atoms with Crippen molar-refractivity contribution in [2.45, 2.75) is 19.8 Å². The maximum Gasteiger partial charge on any atom is 1.00 e. The normalized spacial score (nSPS) is 7.30. The van der Waals surface area contributed by atoms with Crippen LogP contribution < -0.4 is 37.7 Å². The van der Waals surface area contributed by atoms with Gasteiger partial charge in [-0.2, -0.15) is 6.54 Å². The van der Waals surface area contributed by atoms with Crippen molar-refractivity contribution in [1.29, 1.82) is 0 Å². The predicted molar refractivity (Wildman–Crippen MR) is 36.9 cm³/mol. The molecule has 0 N–H and O–H groups in total. The summed E-state index contributed by atoms with van der Waals surface area (Å²) >= 11 is 0. The smallest absolute Gasteiger partial charge is 0.688 e. The fourth-order valence-corrected chi connectivity index (χ4v) is 0.428. The summed E-state index contributed by atoms with van der Waals surface area (Å²) in [4.78, 5) is 0. The minimum Gasteiger partial charge on any atom is -0.688 e. The molecule has 3 heteroatoms. The van der Waals surface area contributed by atoms with Crippen LogP contribution in [0.5, 0.6) is 0 Å². The Labute approximate surface area is 88.4 Å². The summed E-state index contributed by atoms with van der Waals surface area (Å²) in [7, 11) is 0. The number of hydrogen-bond donors (Lipinski definition) is 0. The first kappa shape index (κ1) is 17.1. The summed E-state index contributed by atoms with van der Waals surface area (Å²) in [6, 6.07) is 0. The molecule has 0 aliphatic heterocycles. The Morgan fingerprint density at radius 1 is 1.40 bits per heavy atom. The topological polar surface area (TPSA) is 14.1 Å². The van der Waals surface area contributed by atoms with Crippen molar-refractivity contribution >= 4 is 0 Å². The van der Waals surface area contributed by atoms with E-state index in [0.717, 1.165) is 6.54 Å². The Balaban J connectivity index is -0.000000245. The molecular formula is C7H13Li2N. The molecule has 0 heterocycles. The maximum atomic E-state index is 4.11. The van der Waals surface area contributed by atoms with Gasteiger partial charge in [-0.3, -0.25) is 13.1 Å². The van der Waals surface area contributed by atoms with Gasteiger partial charge in [0, 0.05) is 0 Å². The van der Waals surface area contributed by atoms with Crippen molar-refractivity contribution in [3.8, 4) is 0 Å². The molecule has 10 heavy (non-hydrogen) atoms. The molecule has 48 valence electrons. The maximum absolute atomic E-state index is 4.11. The number of unbranched alkanes of at least 4 members (excludes halogenated alkanes) is 1. The number of hydrogen-bond acceptors (Lipinski definition) is 0. The Morgan fingerprint density at radius 2 is 2.00 bits per heavy atom. The van der Waals surface area contributed by atoms with Crippen LogP contribution in [0, 0.1) is 6.08 Å². The molecule has 0 radical (unpaired) electrons. The quantitative estimate of drug-likeness (QED) is 0.203. The molecular weight excluding hydrogens is 112 g/mol. The van der Waals surface area contributed by atoms with Crippen molar-refractivity contribution in [2.75, 3.05) is 13.1 Å². The summed E-state index contributed by atoms with van der Waals surface area (Å²) in [5.41, 5.74) is 0. The first-order chi connectivity index (χ1) is 3.91. The van der Waals surface area contributed by atoms with E-state index in [-0.39, 0.29) is 37.7 Å². The van der Waals surface area contributed by atoms with Crippen molar-refractivity contribution < 1.29 is 37.7 Å². The van der Waals surface area contributed by atoms with Crippen molar-refractivity contribution in [1.82, 2.24) is 0 Å². The van der Waals surface area contributed by atoms with Gasteiger partial charge in [0.2, 0.25) is 0 Å². The molecule has 0 atom stereocenters. The van der Waals surface area contributed by atoms with Crippen molar-refractivity contribution in [2.24, 2.45) is 0 Å². The Kier molecular flexibility index (Phi) is 28.2. The van der Waals surface area contributed by atoms with E-state index in [4.69, 9.17) is 0 Å². The van der Waals surface area contributed by atoms with Crippen LogP contribution in [0.15, 0.2) is 6.58 Å². The second-order valence-electron chi connectivity index (χ2n) is 1.71. The van der Waals surface area contributed by atoms with E-state index < -0.39 is 0 Å². The summed E-state index contributed by atoms with van der Waals surface area (Å²) in [5.74, 6) is 0. The van der Waals surface area contributed by atoms with Crippen LogP contribution in [0.25, 0.3) is 5.32 Å². The van der Waals surface area contributed by atoms with Gasteiger partial charge in [0.1, 0.15) is 0 Å². The molecule has 0 bridgehead atoms. The summed E-state index contributed by atoms with van der Waals surface area (Å²) in [6.07, 6.45) is 5.13. The molecule has 0 aliphatic carbocycles. The average Bonchev–Trinajstić information content (AvgIpc) is 1.81. The van der Waals surface area contributed by atoms with Crippen LogP contribution in [0.1, 0.15) is 19.8 Å². The van der Waals surface area contributed by atoms with Crippen LogP contribution in [0.2, 0.25) is 0 Å². The Hall–Kier alpha value is 0.895. The van der Waals surface area contributed by atoms with Gasteiger partial charge in [-0.25, -0.2) is 0 Å². The van der Waals surface area contributed by atoms with E-state index in [2.05, 4.69) is 24.9 Å². The van der Waals surface area contributed by atoms with Gasteiger partial charge in [-0.1, -0.05) is 19.8 Å². The van der Waals surface area contributed by atoms with Gasteiger partial charge in [0.05, 0.1) is 0 Å². The second kappa shape index (κ2) is 16.5. The summed E-state index contributed by atoms with van der Waals surface area (Å²) < 4.78 is 0. The first-order valence-corrected chi connectivity index (χ1v) is 3.05. The minimum absolute atomic E-state index is 0. The third-order valence-electron chi connectivity index (χ3n) is 0.893. The zero-order chi connectivity index (χ0) is 6.24. The number of rotatable bonds is 5. The van der Waals surface area contributed by atoms with Crippen LogP contribution in [-0.2, 0) is 0 Å². The van der Waals surface area contributed by atoms with Gasteiger partial charge < -0.3 is 11.4 Å². The molecule has 0 saturated heterocycles. The Morgan fingerprint density at radius 3 is 2.40 bits per heavy atom. The third kappa shape index (κ3) is 16.0. The molecule has 0 spiro atoms. The van der Waals surface area contributed by atoms with Gasteiger partial charge >= 0.3 is 37.7 Å². The van der Waals surface area contributed by atoms with Gasteiger partial charge in [-0.15, -0.1) is 0 Å². The monoisotopic (exact) mass is 125 g/mol. The molecule has 0 saturated carbocycles. The van der Waals surface area contributed by atoms with Gasteiger partial charge in [-0.05, 0) is 0 Å². The zero-order valence-corrected chi connectivity index (χ0v) is 7.48. The van der Waals surface area contributed by atoms with E-state index in [0.29, 0.717) is 6.54 Å². The van der Waals surface area contributed by atoms with E-state index in [1.807, 2.05) is 0 Å². The predicted octanol–water partition coefficient (Wildman–Crippen LogP) is -3.84. The van der Waals surface area contributed by atoms with Crippen LogP contribution in [0.4, 0.5) is 0 Å². The molecule has 0 aromatic heterocycles. The largest absolute Gasteiger partial charge is 1.00 e. The van der Waals surface area contributed by atoms with E-state index in [1.165, 1.54) is 12.8 Å². The molecule has 0 unspecified atom stereocenters. The minimum atomic E-state index is 0.